The number of hydrogen-bond acceptors (Lipinski definition) is 5. The van der Waals surface area contributed by atoms with Crippen LogP contribution in [0.5, 0.6) is 0 Å². The van der Waals surface area contributed by atoms with E-state index in [-0.39, 0.29) is 11.9 Å². The molecule has 0 radical (unpaired) electrons. The highest BCUT2D eigenvalue weighted by Gasteiger charge is 2.18. The van der Waals surface area contributed by atoms with Crippen molar-refractivity contribution < 1.29 is 4.79 Å². The largest absolute Gasteiger partial charge is 0.351 e. The van der Waals surface area contributed by atoms with Crippen LogP contribution in [0, 0.1) is 6.92 Å². The van der Waals surface area contributed by atoms with Crippen molar-refractivity contribution in [3.63, 3.8) is 0 Å². The summed E-state index contributed by atoms with van der Waals surface area (Å²) in [5.41, 5.74) is 2.17. The summed E-state index contributed by atoms with van der Waals surface area (Å²) < 4.78 is 2.09. The Bertz CT molecular complexity index is 871. The summed E-state index contributed by atoms with van der Waals surface area (Å²) in [7, 11) is 0. The summed E-state index contributed by atoms with van der Waals surface area (Å²) in [4.78, 5) is 13.4. The van der Waals surface area contributed by atoms with Gasteiger partial charge in [-0.1, -0.05) is 42.1 Å². The molecule has 5 nitrogen and oxygen atoms in total. The van der Waals surface area contributed by atoms with E-state index in [4.69, 9.17) is 0 Å². The van der Waals surface area contributed by atoms with Gasteiger partial charge in [-0.3, -0.25) is 9.36 Å². The van der Waals surface area contributed by atoms with Crippen molar-refractivity contribution in [1.82, 2.24) is 20.1 Å². The molecule has 3 rings (SSSR count). The van der Waals surface area contributed by atoms with Crippen LogP contribution in [0.4, 0.5) is 0 Å². The Morgan fingerprint density at radius 2 is 2.04 bits per heavy atom. The number of aromatic nitrogens is 3. The summed E-state index contributed by atoms with van der Waals surface area (Å²) in [6.07, 6.45) is 0. The van der Waals surface area contributed by atoms with Gasteiger partial charge in [0.1, 0.15) is 0 Å². The summed E-state index contributed by atoms with van der Waals surface area (Å²) in [6, 6.07) is 12.2. The third kappa shape index (κ3) is 4.53. The van der Waals surface area contributed by atoms with Crippen LogP contribution in [0.2, 0.25) is 0 Å². The topological polar surface area (TPSA) is 59.8 Å². The minimum absolute atomic E-state index is 0.00918. The molecule has 3 aromatic rings. The molecule has 2 heterocycles. The number of nitrogens with one attached hydrogen (secondary N) is 1. The fourth-order valence-electron chi connectivity index (χ4n) is 2.58. The molecule has 26 heavy (non-hydrogen) atoms. The van der Waals surface area contributed by atoms with Crippen LogP contribution in [0.1, 0.15) is 30.3 Å². The van der Waals surface area contributed by atoms with Crippen LogP contribution < -0.4 is 5.32 Å². The van der Waals surface area contributed by atoms with Gasteiger partial charge in [0.05, 0.1) is 5.75 Å². The zero-order valence-electron chi connectivity index (χ0n) is 15.1. The van der Waals surface area contributed by atoms with E-state index in [1.165, 1.54) is 16.6 Å². The van der Waals surface area contributed by atoms with Crippen LogP contribution in [-0.2, 0) is 11.3 Å². The smallest absolute Gasteiger partial charge is 0.230 e. The number of thiophene rings is 1. The van der Waals surface area contributed by atoms with E-state index in [0.717, 1.165) is 22.1 Å². The van der Waals surface area contributed by atoms with Crippen molar-refractivity contribution in [2.45, 2.75) is 38.5 Å². The van der Waals surface area contributed by atoms with Crippen molar-refractivity contribution in [3.05, 3.63) is 52.2 Å². The van der Waals surface area contributed by atoms with E-state index < -0.39 is 0 Å². The van der Waals surface area contributed by atoms with Crippen molar-refractivity contribution in [3.8, 4) is 11.4 Å². The molecule has 0 fully saturated rings. The molecule has 0 bridgehead atoms. The van der Waals surface area contributed by atoms with Gasteiger partial charge in [-0.15, -0.1) is 21.5 Å². The van der Waals surface area contributed by atoms with E-state index in [2.05, 4.69) is 52.3 Å². The quantitative estimate of drug-likeness (QED) is 0.615. The molecule has 1 N–H and O–H groups in total. The lowest BCUT2D eigenvalue weighted by Crippen LogP contribution is -2.24. The lowest BCUT2D eigenvalue weighted by atomic mass is 10.2. The standard InChI is InChI=1S/C19H22N4OS2/c1-13(2)23-18(16-9-14(3)25-11-16)21-22-19(23)26-12-17(24)20-10-15-7-5-4-6-8-15/h4-9,11,13H,10,12H2,1-3H3,(H,20,24). The van der Waals surface area contributed by atoms with Gasteiger partial charge in [-0.25, -0.2) is 0 Å². The fourth-order valence-corrected chi connectivity index (χ4v) is 4.15. The molecule has 0 aliphatic rings. The van der Waals surface area contributed by atoms with Crippen molar-refractivity contribution in [2.75, 3.05) is 5.75 Å². The van der Waals surface area contributed by atoms with E-state index in [1.54, 1.807) is 11.3 Å². The van der Waals surface area contributed by atoms with Gasteiger partial charge < -0.3 is 5.32 Å². The van der Waals surface area contributed by atoms with E-state index in [1.807, 2.05) is 30.3 Å². The molecule has 0 saturated heterocycles. The summed E-state index contributed by atoms with van der Waals surface area (Å²) in [6.45, 7) is 6.82. The summed E-state index contributed by atoms with van der Waals surface area (Å²) >= 11 is 3.12. The number of nitrogens with zero attached hydrogens (tertiary/aromatic N) is 3. The molecule has 0 aliphatic carbocycles. The predicted octanol–water partition coefficient (Wildman–Crippen LogP) is 4.30. The Labute approximate surface area is 161 Å². The third-order valence-electron chi connectivity index (χ3n) is 3.83. The average Bonchev–Trinajstić information content (AvgIpc) is 3.25. The number of carbonyl (C=O) groups is 1. The Kier molecular flexibility index (Phi) is 6.11. The van der Waals surface area contributed by atoms with Crippen LogP contribution >= 0.6 is 23.1 Å². The molecule has 1 aromatic carbocycles. The lowest BCUT2D eigenvalue weighted by molar-refractivity contribution is -0.118. The summed E-state index contributed by atoms with van der Waals surface area (Å²) in [5, 5.41) is 14.5. The zero-order chi connectivity index (χ0) is 18.5. The van der Waals surface area contributed by atoms with E-state index in [9.17, 15) is 4.79 Å². The second kappa shape index (κ2) is 8.51. The molecule has 0 aliphatic heterocycles. The van der Waals surface area contributed by atoms with Crippen LogP contribution in [0.25, 0.3) is 11.4 Å². The van der Waals surface area contributed by atoms with Crippen molar-refractivity contribution >= 4 is 29.0 Å². The van der Waals surface area contributed by atoms with Gasteiger partial charge in [0.2, 0.25) is 5.91 Å². The first-order valence-corrected chi connectivity index (χ1v) is 10.3. The number of carbonyl (C=O) groups excluding carboxylic acids is 1. The lowest BCUT2D eigenvalue weighted by Gasteiger charge is -2.13. The number of aryl methyl sites for hydroxylation is 1. The minimum Gasteiger partial charge on any atom is -0.351 e. The molecular weight excluding hydrogens is 364 g/mol. The van der Waals surface area contributed by atoms with Gasteiger partial charge in [-0.2, -0.15) is 0 Å². The molecule has 0 saturated carbocycles. The second-order valence-corrected chi connectivity index (χ2v) is 8.32. The second-order valence-electron chi connectivity index (χ2n) is 6.27. The number of amides is 1. The maximum Gasteiger partial charge on any atom is 0.230 e. The highest BCUT2D eigenvalue weighted by Crippen LogP contribution is 2.30. The Balaban J connectivity index is 1.64. The van der Waals surface area contributed by atoms with Crippen molar-refractivity contribution in [1.29, 1.82) is 0 Å². The summed E-state index contributed by atoms with van der Waals surface area (Å²) in [5.74, 6) is 1.17. The normalized spacial score (nSPS) is 11.1. The fraction of sp³-hybridized carbons (Fsp3) is 0.316. The van der Waals surface area contributed by atoms with Crippen LogP contribution in [0.3, 0.4) is 0 Å². The maximum atomic E-state index is 12.2. The molecular formula is C19H22N4OS2. The van der Waals surface area contributed by atoms with Gasteiger partial charge >= 0.3 is 0 Å². The third-order valence-corrected chi connectivity index (χ3v) is 5.64. The molecule has 1 amide bonds. The molecule has 136 valence electrons. The van der Waals surface area contributed by atoms with Crippen LogP contribution in [0.15, 0.2) is 46.9 Å². The van der Waals surface area contributed by atoms with Gasteiger partial charge in [0.15, 0.2) is 11.0 Å². The first-order valence-electron chi connectivity index (χ1n) is 8.48. The van der Waals surface area contributed by atoms with E-state index in [0.29, 0.717) is 12.3 Å². The number of benzene rings is 1. The Morgan fingerprint density at radius 3 is 2.69 bits per heavy atom. The maximum absolute atomic E-state index is 12.2. The number of thioether (sulfide) groups is 1. The van der Waals surface area contributed by atoms with Crippen LogP contribution in [-0.4, -0.2) is 26.4 Å². The Hall–Kier alpha value is -2.12. The first-order chi connectivity index (χ1) is 12.5. The average molecular weight is 387 g/mol. The number of hydrogen-bond donors (Lipinski definition) is 1. The molecule has 0 atom stereocenters. The predicted molar refractivity (Wildman–Crippen MR) is 107 cm³/mol. The zero-order valence-corrected chi connectivity index (χ0v) is 16.7. The highest BCUT2D eigenvalue weighted by molar-refractivity contribution is 7.99. The monoisotopic (exact) mass is 386 g/mol. The molecule has 0 unspecified atom stereocenters. The molecule has 2 aromatic heterocycles. The Morgan fingerprint density at radius 1 is 1.27 bits per heavy atom. The number of rotatable bonds is 7. The molecule has 7 heteroatoms. The highest BCUT2D eigenvalue weighted by atomic mass is 32.2. The minimum atomic E-state index is -0.00918. The SMILES string of the molecule is Cc1cc(-c2nnc(SCC(=O)NCc3ccccc3)n2C(C)C)cs1. The molecule has 0 spiro atoms. The van der Waals surface area contributed by atoms with Gasteiger partial charge in [-0.05, 0) is 32.4 Å². The van der Waals surface area contributed by atoms with Crippen molar-refractivity contribution in [2.24, 2.45) is 0 Å². The van der Waals surface area contributed by atoms with E-state index >= 15 is 0 Å². The van der Waals surface area contributed by atoms with Gasteiger partial charge in [0.25, 0.3) is 0 Å². The first kappa shape index (κ1) is 18.7. The van der Waals surface area contributed by atoms with Gasteiger partial charge in [0, 0.05) is 28.4 Å².